The van der Waals surface area contributed by atoms with Gasteiger partial charge in [0, 0.05) is 24.7 Å². The molecule has 0 aromatic carbocycles. The summed E-state index contributed by atoms with van der Waals surface area (Å²) in [4.78, 5) is 0. The number of aryl methyl sites for hydroxylation is 2. The lowest BCUT2D eigenvalue weighted by Gasteiger charge is -2.32. The summed E-state index contributed by atoms with van der Waals surface area (Å²) >= 11 is 0. The van der Waals surface area contributed by atoms with Crippen molar-refractivity contribution in [3.8, 4) is 0 Å². The van der Waals surface area contributed by atoms with Gasteiger partial charge in [0.1, 0.15) is 0 Å². The van der Waals surface area contributed by atoms with Crippen molar-refractivity contribution < 1.29 is 0 Å². The maximum absolute atomic E-state index is 6.52. The van der Waals surface area contributed by atoms with Gasteiger partial charge in [0.2, 0.25) is 0 Å². The topological polar surface area (TPSA) is 43.8 Å². The highest BCUT2D eigenvalue weighted by Crippen LogP contribution is 2.44. The highest BCUT2D eigenvalue weighted by molar-refractivity contribution is 5.12. The van der Waals surface area contributed by atoms with Gasteiger partial charge in [-0.25, -0.2) is 0 Å². The average Bonchev–Trinajstić information content (AvgIpc) is 2.91. The summed E-state index contributed by atoms with van der Waals surface area (Å²) in [6, 6.07) is 2.51. The van der Waals surface area contributed by atoms with Crippen LogP contribution in [0.1, 0.15) is 58.3 Å². The minimum Gasteiger partial charge on any atom is -0.327 e. The van der Waals surface area contributed by atoms with Gasteiger partial charge in [-0.05, 0) is 43.6 Å². The predicted molar refractivity (Wildman–Crippen MR) is 80.1 cm³/mol. The molecule has 1 aromatic heterocycles. The van der Waals surface area contributed by atoms with Crippen LogP contribution in [0.5, 0.6) is 0 Å². The van der Waals surface area contributed by atoms with E-state index in [1.807, 2.05) is 0 Å². The van der Waals surface area contributed by atoms with Crippen LogP contribution >= 0.6 is 0 Å². The van der Waals surface area contributed by atoms with Crippen LogP contribution in [0.15, 0.2) is 6.07 Å². The molecule has 1 saturated carbocycles. The molecule has 0 bridgehead atoms. The molecular formula is C16H29N3. The van der Waals surface area contributed by atoms with E-state index in [2.05, 4.69) is 43.5 Å². The second kappa shape index (κ2) is 5.66. The standard InChI is InChI=1S/C16H29N3/c1-5-12-10-13(19(6-2)18-12)11-15(17)14-8-7-9-16(14,3)4/h10,14-15H,5-9,11,17H2,1-4H3. The van der Waals surface area contributed by atoms with Crippen molar-refractivity contribution in [2.24, 2.45) is 17.1 Å². The Morgan fingerprint density at radius 3 is 2.74 bits per heavy atom. The molecule has 2 atom stereocenters. The lowest BCUT2D eigenvalue weighted by Crippen LogP contribution is -2.38. The number of nitrogens with zero attached hydrogens (tertiary/aromatic N) is 2. The second-order valence-corrected chi connectivity index (χ2v) is 6.65. The van der Waals surface area contributed by atoms with Crippen LogP contribution in [0.25, 0.3) is 0 Å². The molecule has 108 valence electrons. The van der Waals surface area contributed by atoms with Crippen molar-refractivity contribution in [1.29, 1.82) is 0 Å². The van der Waals surface area contributed by atoms with Crippen molar-refractivity contribution in [2.45, 2.75) is 72.4 Å². The summed E-state index contributed by atoms with van der Waals surface area (Å²) in [6.07, 6.45) is 5.91. The Hall–Kier alpha value is -0.830. The summed E-state index contributed by atoms with van der Waals surface area (Å²) in [7, 11) is 0. The van der Waals surface area contributed by atoms with Gasteiger partial charge in [-0.15, -0.1) is 0 Å². The summed E-state index contributed by atoms with van der Waals surface area (Å²) < 4.78 is 2.13. The maximum atomic E-state index is 6.52. The molecule has 0 spiro atoms. The monoisotopic (exact) mass is 263 g/mol. The quantitative estimate of drug-likeness (QED) is 0.887. The van der Waals surface area contributed by atoms with Crippen LogP contribution in [0, 0.1) is 11.3 Å². The lowest BCUT2D eigenvalue weighted by molar-refractivity contribution is 0.218. The number of hydrogen-bond acceptors (Lipinski definition) is 2. The van der Waals surface area contributed by atoms with Crippen LogP contribution < -0.4 is 5.73 Å². The number of aromatic nitrogens is 2. The van der Waals surface area contributed by atoms with Crippen molar-refractivity contribution in [3.05, 3.63) is 17.5 Å². The number of rotatable bonds is 5. The molecule has 0 radical (unpaired) electrons. The second-order valence-electron chi connectivity index (χ2n) is 6.65. The zero-order chi connectivity index (χ0) is 14.0. The van der Waals surface area contributed by atoms with Gasteiger partial charge in [0.25, 0.3) is 0 Å². The third-order valence-corrected chi connectivity index (χ3v) is 4.88. The lowest BCUT2D eigenvalue weighted by atomic mass is 9.76. The molecular weight excluding hydrogens is 234 g/mol. The smallest absolute Gasteiger partial charge is 0.0624 e. The Labute approximate surface area is 117 Å². The Balaban J connectivity index is 2.10. The molecule has 3 heteroatoms. The molecule has 1 aliphatic rings. The number of nitrogens with two attached hydrogens (primary N) is 1. The van der Waals surface area contributed by atoms with E-state index in [0.29, 0.717) is 11.3 Å². The maximum Gasteiger partial charge on any atom is 0.0624 e. The molecule has 2 unspecified atom stereocenters. The molecule has 1 aromatic rings. The normalized spacial score (nSPS) is 23.7. The summed E-state index contributed by atoms with van der Waals surface area (Å²) in [6.45, 7) is 10.0. The minimum absolute atomic E-state index is 0.268. The Morgan fingerprint density at radius 2 is 2.21 bits per heavy atom. The average molecular weight is 263 g/mol. The molecule has 1 aliphatic carbocycles. The first-order valence-corrected chi connectivity index (χ1v) is 7.79. The Bertz CT molecular complexity index is 420. The van der Waals surface area contributed by atoms with Crippen molar-refractivity contribution in [3.63, 3.8) is 0 Å². The molecule has 1 fully saturated rings. The largest absolute Gasteiger partial charge is 0.327 e. The first-order valence-electron chi connectivity index (χ1n) is 7.79. The van der Waals surface area contributed by atoms with Gasteiger partial charge in [0.15, 0.2) is 0 Å². The zero-order valence-electron chi connectivity index (χ0n) is 12.9. The molecule has 3 nitrogen and oxygen atoms in total. The first-order chi connectivity index (χ1) is 8.97. The summed E-state index contributed by atoms with van der Waals surface area (Å²) in [5, 5.41) is 4.62. The van der Waals surface area contributed by atoms with E-state index < -0.39 is 0 Å². The van der Waals surface area contributed by atoms with Gasteiger partial charge in [-0.3, -0.25) is 4.68 Å². The van der Waals surface area contributed by atoms with Crippen molar-refractivity contribution in [2.75, 3.05) is 0 Å². The third kappa shape index (κ3) is 3.02. The van der Waals surface area contributed by atoms with Gasteiger partial charge in [-0.1, -0.05) is 27.2 Å². The molecule has 2 N–H and O–H groups in total. The molecule has 0 aliphatic heterocycles. The Morgan fingerprint density at radius 1 is 1.47 bits per heavy atom. The van der Waals surface area contributed by atoms with Crippen LogP contribution in [-0.4, -0.2) is 15.8 Å². The van der Waals surface area contributed by atoms with E-state index in [9.17, 15) is 0 Å². The van der Waals surface area contributed by atoms with E-state index in [1.165, 1.54) is 30.7 Å². The van der Waals surface area contributed by atoms with E-state index >= 15 is 0 Å². The van der Waals surface area contributed by atoms with E-state index in [1.54, 1.807) is 0 Å². The van der Waals surface area contributed by atoms with Crippen molar-refractivity contribution in [1.82, 2.24) is 9.78 Å². The first kappa shape index (κ1) is 14.6. The van der Waals surface area contributed by atoms with Crippen LogP contribution in [0.4, 0.5) is 0 Å². The fraction of sp³-hybridized carbons (Fsp3) is 0.812. The summed E-state index contributed by atoms with van der Waals surface area (Å²) in [5.74, 6) is 0.651. The van der Waals surface area contributed by atoms with Crippen molar-refractivity contribution >= 4 is 0 Å². The van der Waals surface area contributed by atoms with Crippen LogP contribution in [0.2, 0.25) is 0 Å². The fourth-order valence-corrected chi connectivity index (χ4v) is 3.66. The van der Waals surface area contributed by atoms with E-state index in [0.717, 1.165) is 19.4 Å². The van der Waals surface area contributed by atoms with E-state index in [4.69, 9.17) is 5.73 Å². The highest BCUT2D eigenvalue weighted by Gasteiger charge is 2.38. The highest BCUT2D eigenvalue weighted by atomic mass is 15.3. The van der Waals surface area contributed by atoms with Gasteiger partial charge < -0.3 is 5.73 Å². The molecule has 1 heterocycles. The van der Waals surface area contributed by atoms with Crippen LogP contribution in [0.3, 0.4) is 0 Å². The SMILES string of the molecule is CCc1cc(CC(N)C2CCCC2(C)C)n(CC)n1. The predicted octanol–water partition coefficient (Wildman–Crippen LogP) is 3.16. The fourth-order valence-electron chi connectivity index (χ4n) is 3.66. The molecule has 0 saturated heterocycles. The van der Waals surface area contributed by atoms with Gasteiger partial charge in [-0.2, -0.15) is 5.10 Å². The minimum atomic E-state index is 0.268. The molecule has 19 heavy (non-hydrogen) atoms. The Kier molecular flexibility index (Phi) is 4.34. The molecule has 2 rings (SSSR count). The third-order valence-electron chi connectivity index (χ3n) is 4.88. The van der Waals surface area contributed by atoms with Gasteiger partial charge in [0.05, 0.1) is 5.69 Å². The van der Waals surface area contributed by atoms with Crippen LogP contribution in [-0.2, 0) is 19.4 Å². The van der Waals surface area contributed by atoms with E-state index in [-0.39, 0.29) is 6.04 Å². The zero-order valence-corrected chi connectivity index (χ0v) is 12.9. The molecule has 0 amide bonds. The summed E-state index contributed by atoms with van der Waals surface area (Å²) in [5.41, 5.74) is 9.43. The van der Waals surface area contributed by atoms with Gasteiger partial charge >= 0.3 is 0 Å². The number of hydrogen-bond donors (Lipinski definition) is 1.